The number of hydrogen-bond donors (Lipinski definition) is 1. The fraction of sp³-hybridized carbons (Fsp3) is 0.435. The van der Waals surface area contributed by atoms with E-state index in [-0.39, 0.29) is 11.8 Å². The van der Waals surface area contributed by atoms with Gasteiger partial charge in [0.05, 0.1) is 6.20 Å². The number of nitrogens with one attached hydrogen (secondary N) is 1. The standard InChI is InChI=1S/C23H30BN5O/c1-15(2)13-29-8-6-16(7-9-29)23(30)27-21-11-18-10-17(19-12-25-28(3)14-19)4-5-20(18)22(24)26-21/h4-5,10-12,14-16H,6-9,13,24H2,1-3H3,(H,26,27,30). The van der Waals surface area contributed by atoms with Gasteiger partial charge in [-0.2, -0.15) is 5.10 Å². The number of rotatable bonds is 5. The lowest BCUT2D eigenvalue weighted by Gasteiger charge is -2.32. The zero-order valence-corrected chi connectivity index (χ0v) is 18.4. The first-order valence-corrected chi connectivity index (χ1v) is 10.8. The molecule has 0 aliphatic carbocycles. The topological polar surface area (TPSA) is 63.1 Å². The van der Waals surface area contributed by atoms with Gasteiger partial charge in [-0.15, -0.1) is 0 Å². The number of anilines is 1. The van der Waals surface area contributed by atoms with Crippen LogP contribution in [-0.2, 0) is 11.8 Å². The lowest BCUT2D eigenvalue weighted by molar-refractivity contribution is -0.121. The second-order valence-corrected chi connectivity index (χ2v) is 8.89. The largest absolute Gasteiger partial charge is 0.310 e. The molecule has 1 fully saturated rings. The molecule has 0 spiro atoms. The van der Waals surface area contributed by atoms with Crippen molar-refractivity contribution in [3.05, 3.63) is 36.7 Å². The fourth-order valence-electron chi connectivity index (χ4n) is 4.37. The van der Waals surface area contributed by atoms with Crippen molar-refractivity contribution in [2.24, 2.45) is 18.9 Å². The molecule has 3 aromatic rings. The van der Waals surface area contributed by atoms with Gasteiger partial charge in [0.2, 0.25) is 5.91 Å². The van der Waals surface area contributed by atoms with Crippen LogP contribution in [0.15, 0.2) is 36.7 Å². The molecular weight excluding hydrogens is 373 g/mol. The molecule has 6 nitrogen and oxygen atoms in total. The van der Waals surface area contributed by atoms with E-state index in [2.05, 4.69) is 52.3 Å². The van der Waals surface area contributed by atoms with E-state index in [1.807, 2.05) is 33.4 Å². The summed E-state index contributed by atoms with van der Waals surface area (Å²) in [4.78, 5) is 20.0. The van der Waals surface area contributed by atoms with Gasteiger partial charge >= 0.3 is 0 Å². The maximum absolute atomic E-state index is 12.9. The minimum atomic E-state index is 0.0629. The smallest absolute Gasteiger partial charge is 0.228 e. The average Bonchev–Trinajstić information content (AvgIpc) is 3.14. The number of fused-ring (bicyclic) bond motifs is 1. The zero-order chi connectivity index (χ0) is 21.3. The molecule has 1 aliphatic rings. The highest BCUT2D eigenvalue weighted by molar-refractivity contribution is 6.37. The molecule has 1 amide bonds. The van der Waals surface area contributed by atoms with Gasteiger partial charge in [-0.05, 0) is 60.3 Å². The van der Waals surface area contributed by atoms with Crippen molar-refractivity contribution in [1.29, 1.82) is 0 Å². The van der Waals surface area contributed by atoms with Crippen LogP contribution < -0.4 is 10.9 Å². The third-order valence-corrected chi connectivity index (χ3v) is 5.89. The van der Waals surface area contributed by atoms with Gasteiger partial charge in [-0.1, -0.05) is 26.0 Å². The molecule has 0 unspecified atom stereocenters. The van der Waals surface area contributed by atoms with Gasteiger partial charge in [0, 0.05) is 36.9 Å². The van der Waals surface area contributed by atoms with Crippen LogP contribution in [0.1, 0.15) is 26.7 Å². The molecule has 2 aromatic heterocycles. The van der Waals surface area contributed by atoms with Crippen LogP contribution in [0.3, 0.4) is 0 Å². The Labute approximate surface area is 179 Å². The lowest BCUT2D eigenvalue weighted by atomic mass is 9.94. The molecule has 0 radical (unpaired) electrons. The van der Waals surface area contributed by atoms with E-state index >= 15 is 0 Å². The van der Waals surface area contributed by atoms with Crippen LogP contribution in [0, 0.1) is 11.8 Å². The van der Waals surface area contributed by atoms with Gasteiger partial charge in [0.25, 0.3) is 0 Å². The molecule has 7 heteroatoms. The minimum Gasteiger partial charge on any atom is -0.310 e. The van der Waals surface area contributed by atoms with E-state index < -0.39 is 0 Å². The normalized spacial score (nSPS) is 15.7. The molecule has 0 atom stereocenters. The van der Waals surface area contributed by atoms with Crippen molar-refractivity contribution < 1.29 is 4.79 Å². The second kappa shape index (κ2) is 8.60. The molecule has 0 bridgehead atoms. The van der Waals surface area contributed by atoms with Gasteiger partial charge in [-0.3, -0.25) is 9.48 Å². The highest BCUT2D eigenvalue weighted by atomic mass is 16.1. The third kappa shape index (κ3) is 4.56. The number of aryl methyl sites for hydroxylation is 1. The number of benzene rings is 1. The Bertz CT molecular complexity index is 1050. The number of carbonyl (C=O) groups is 1. The van der Waals surface area contributed by atoms with Gasteiger partial charge in [-0.25, -0.2) is 4.98 Å². The summed E-state index contributed by atoms with van der Waals surface area (Å²) >= 11 is 0. The summed E-state index contributed by atoms with van der Waals surface area (Å²) < 4.78 is 1.80. The summed E-state index contributed by atoms with van der Waals surface area (Å²) in [6.07, 6.45) is 5.69. The van der Waals surface area contributed by atoms with Crippen molar-refractivity contribution in [3.8, 4) is 11.1 Å². The Kier molecular flexibility index (Phi) is 5.91. The van der Waals surface area contributed by atoms with Crippen LogP contribution in [0.4, 0.5) is 5.82 Å². The van der Waals surface area contributed by atoms with E-state index in [1.54, 1.807) is 4.68 Å². The number of amides is 1. The number of hydrogen-bond acceptors (Lipinski definition) is 4. The van der Waals surface area contributed by atoms with Gasteiger partial charge in [0.15, 0.2) is 7.85 Å². The molecule has 1 aromatic carbocycles. The monoisotopic (exact) mass is 403 g/mol. The molecule has 0 saturated carbocycles. The predicted molar refractivity (Wildman–Crippen MR) is 125 cm³/mol. The summed E-state index contributed by atoms with van der Waals surface area (Å²) in [7, 11) is 3.91. The van der Waals surface area contributed by atoms with Gasteiger partial charge < -0.3 is 10.2 Å². The van der Waals surface area contributed by atoms with E-state index in [4.69, 9.17) is 0 Å². The fourth-order valence-corrected chi connectivity index (χ4v) is 4.37. The number of pyridine rings is 1. The SMILES string of the molecule is Bc1nc(NC(=O)C2CCN(CC(C)C)CC2)cc2cc(-c3cnn(C)c3)ccc12. The molecule has 30 heavy (non-hydrogen) atoms. The van der Waals surface area contributed by atoms with Crippen molar-refractivity contribution in [3.63, 3.8) is 0 Å². The zero-order valence-electron chi connectivity index (χ0n) is 18.4. The quantitative estimate of drug-likeness (QED) is 0.664. The Morgan fingerprint density at radius 2 is 2.00 bits per heavy atom. The Morgan fingerprint density at radius 1 is 1.23 bits per heavy atom. The number of likely N-dealkylation sites (tertiary alicyclic amines) is 1. The van der Waals surface area contributed by atoms with Crippen LogP contribution >= 0.6 is 0 Å². The second-order valence-electron chi connectivity index (χ2n) is 8.89. The highest BCUT2D eigenvalue weighted by Gasteiger charge is 2.25. The van der Waals surface area contributed by atoms with Crippen molar-refractivity contribution >= 4 is 35.9 Å². The Hall–Kier alpha value is -2.67. The van der Waals surface area contributed by atoms with E-state index in [0.717, 1.165) is 60.0 Å². The van der Waals surface area contributed by atoms with Crippen LogP contribution in [0.25, 0.3) is 21.9 Å². The maximum Gasteiger partial charge on any atom is 0.228 e. The number of piperidine rings is 1. The molecule has 1 aliphatic heterocycles. The molecule has 3 heterocycles. The molecule has 1 N–H and O–H groups in total. The highest BCUT2D eigenvalue weighted by Crippen LogP contribution is 2.25. The van der Waals surface area contributed by atoms with E-state index in [1.165, 1.54) is 0 Å². The lowest BCUT2D eigenvalue weighted by Crippen LogP contribution is -2.39. The first-order valence-electron chi connectivity index (χ1n) is 10.8. The molecule has 1 saturated heterocycles. The molecule has 156 valence electrons. The van der Waals surface area contributed by atoms with Crippen molar-refractivity contribution in [2.45, 2.75) is 26.7 Å². The molecule has 4 rings (SSSR count). The average molecular weight is 403 g/mol. The van der Waals surface area contributed by atoms with Crippen LogP contribution in [-0.4, -0.2) is 53.1 Å². The summed E-state index contributed by atoms with van der Waals surface area (Å²) in [6, 6.07) is 8.31. The summed E-state index contributed by atoms with van der Waals surface area (Å²) in [6.45, 7) is 7.58. The minimum absolute atomic E-state index is 0.0629. The predicted octanol–water partition coefficient (Wildman–Crippen LogP) is 2.20. The maximum atomic E-state index is 12.9. The first kappa shape index (κ1) is 20.6. The number of aromatic nitrogens is 3. The van der Waals surface area contributed by atoms with E-state index in [9.17, 15) is 4.79 Å². The molecular formula is C23H30BN5O. The summed E-state index contributed by atoms with van der Waals surface area (Å²) in [5.41, 5.74) is 3.11. The van der Waals surface area contributed by atoms with Crippen molar-refractivity contribution in [2.75, 3.05) is 25.0 Å². The Balaban J connectivity index is 1.49. The first-order chi connectivity index (χ1) is 14.4. The van der Waals surface area contributed by atoms with Gasteiger partial charge in [0.1, 0.15) is 5.82 Å². The van der Waals surface area contributed by atoms with Crippen LogP contribution in [0.2, 0.25) is 0 Å². The summed E-state index contributed by atoms with van der Waals surface area (Å²) in [5, 5.41) is 9.52. The third-order valence-electron chi connectivity index (χ3n) is 5.89. The summed E-state index contributed by atoms with van der Waals surface area (Å²) in [5.74, 6) is 1.46. The number of nitrogens with zero attached hydrogens (tertiary/aromatic N) is 4. The Morgan fingerprint density at radius 3 is 2.67 bits per heavy atom. The van der Waals surface area contributed by atoms with Crippen LogP contribution in [0.5, 0.6) is 0 Å². The van der Waals surface area contributed by atoms with Crippen molar-refractivity contribution in [1.82, 2.24) is 19.7 Å². The van der Waals surface area contributed by atoms with E-state index in [0.29, 0.717) is 11.7 Å². The number of carbonyl (C=O) groups excluding carboxylic acids is 1.